The zero-order chi connectivity index (χ0) is 22.5. The molecule has 0 aliphatic carbocycles. The molecule has 0 radical (unpaired) electrons. The van der Waals surface area contributed by atoms with Gasteiger partial charge in [-0.1, -0.05) is 92.2 Å². The van der Waals surface area contributed by atoms with Gasteiger partial charge in [-0.15, -0.1) is 0 Å². The lowest BCUT2D eigenvalue weighted by Crippen LogP contribution is -2.04. The maximum Gasteiger partial charge on any atom is 0.0453 e. The lowest BCUT2D eigenvalue weighted by Gasteiger charge is -2.23. The Morgan fingerprint density at radius 2 is 1.71 bits per heavy atom. The largest absolute Gasteiger partial charge is 0.0988 e. The topological polar surface area (TPSA) is 0 Å². The van der Waals surface area contributed by atoms with Gasteiger partial charge in [-0.25, -0.2) is 0 Å². The van der Waals surface area contributed by atoms with Crippen molar-refractivity contribution in [3.8, 4) is 11.1 Å². The second-order valence-electron chi connectivity index (χ2n) is 8.01. The predicted octanol–water partition coefficient (Wildman–Crippen LogP) is 9.60. The average molecular weight is 449 g/mol. The molecule has 3 rings (SSSR count). The van der Waals surface area contributed by atoms with Crippen LogP contribution in [-0.2, 0) is 6.42 Å². The Labute approximate surface area is 197 Å². The van der Waals surface area contributed by atoms with Crippen LogP contribution in [0.15, 0.2) is 72.8 Å². The van der Waals surface area contributed by atoms with Crippen LogP contribution in [0.1, 0.15) is 54.0 Å². The van der Waals surface area contributed by atoms with E-state index in [9.17, 15) is 0 Å². The summed E-state index contributed by atoms with van der Waals surface area (Å²) in [4.78, 5) is 0. The number of hydrogen-bond donors (Lipinski definition) is 0. The highest BCUT2D eigenvalue weighted by molar-refractivity contribution is 6.32. The molecule has 160 valence electrons. The summed E-state index contributed by atoms with van der Waals surface area (Å²) < 4.78 is 0. The van der Waals surface area contributed by atoms with Gasteiger partial charge >= 0.3 is 0 Å². The smallest absolute Gasteiger partial charge is 0.0453 e. The molecule has 0 saturated carbocycles. The van der Waals surface area contributed by atoms with Crippen molar-refractivity contribution in [2.75, 3.05) is 0 Å². The van der Waals surface area contributed by atoms with Crippen molar-refractivity contribution in [3.05, 3.63) is 111 Å². The van der Waals surface area contributed by atoms with Crippen LogP contribution in [0, 0.1) is 13.8 Å². The summed E-state index contributed by atoms with van der Waals surface area (Å²) in [6, 6.07) is 18.9. The van der Waals surface area contributed by atoms with Crippen molar-refractivity contribution in [2.45, 2.75) is 46.5 Å². The molecule has 0 N–H and O–H groups in total. The highest BCUT2D eigenvalue weighted by Crippen LogP contribution is 2.40. The zero-order valence-electron chi connectivity index (χ0n) is 18.8. The molecule has 0 fully saturated rings. The van der Waals surface area contributed by atoms with Crippen LogP contribution in [0.5, 0.6) is 0 Å². The monoisotopic (exact) mass is 448 g/mol. The summed E-state index contributed by atoms with van der Waals surface area (Å²) in [5.41, 5.74) is 9.60. The fourth-order valence-corrected chi connectivity index (χ4v) is 4.92. The number of hydrogen-bond acceptors (Lipinski definition) is 0. The van der Waals surface area contributed by atoms with Crippen molar-refractivity contribution in [2.24, 2.45) is 0 Å². The first-order valence-electron chi connectivity index (χ1n) is 10.9. The van der Waals surface area contributed by atoms with E-state index in [0.717, 1.165) is 28.5 Å². The molecule has 0 saturated heterocycles. The van der Waals surface area contributed by atoms with Crippen molar-refractivity contribution in [1.29, 1.82) is 0 Å². The minimum absolute atomic E-state index is 0.189. The van der Waals surface area contributed by atoms with E-state index in [1.165, 1.54) is 39.0 Å². The first kappa shape index (κ1) is 23.4. The van der Waals surface area contributed by atoms with Gasteiger partial charge in [0, 0.05) is 16.0 Å². The highest BCUT2D eigenvalue weighted by Gasteiger charge is 2.20. The van der Waals surface area contributed by atoms with E-state index in [1.54, 1.807) is 0 Å². The Hall–Kier alpha value is -2.28. The molecule has 0 nitrogen and oxygen atoms in total. The maximum atomic E-state index is 6.93. The number of benzene rings is 3. The van der Waals surface area contributed by atoms with Gasteiger partial charge in [0.1, 0.15) is 0 Å². The second kappa shape index (κ2) is 10.4. The molecule has 0 aliphatic rings. The van der Waals surface area contributed by atoms with Gasteiger partial charge in [-0.05, 0) is 89.4 Å². The Morgan fingerprint density at radius 1 is 0.968 bits per heavy atom. The molecular weight excluding hydrogens is 419 g/mol. The van der Waals surface area contributed by atoms with E-state index in [0.29, 0.717) is 0 Å². The fraction of sp³-hybridized carbons (Fsp3) is 0.241. The third-order valence-electron chi connectivity index (χ3n) is 6.00. The van der Waals surface area contributed by atoms with Gasteiger partial charge in [-0.2, -0.15) is 0 Å². The lowest BCUT2D eigenvalue weighted by molar-refractivity contribution is 0.775. The van der Waals surface area contributed by atoms with E-state index in [2.05, 4.69) is 82.8 Å². The van der Waals surface area contributed by atoms with Crippen LogP contribution in [0.4, 0.5) is 0 Å². The molecule has 3 aromatic carbocycles. The van der Waals surface area contributed by atoms with Crippen LogP contribution in [0.2, 0.25) is 10.0 Å². The van der Waals surface area contributed by atoms with Crippen LogP contribution in [0.25, 0.3) is 17.2 Å². The molecule has 0 heterocycles. The van der Waals surface area contributed by atoms with Crippen molar-refractivity contribution in [1.82, 2.24) is 0 Å². The summed E-state index contributed by atoms with van der Waals surface area (Å²) in [5, 5.41) is 1.57. The molecule has 0 spiro atoms. The third kappa shape index (κ3) is 5.14. The SMILES string of the molecule is C=C/C(=C\c1ccccc1C)C(CC)c1c(C)cc(-c2ccc(Cl)cc2CC)cc1Cl. The van der Waals surface area contributed by atoms with E-state index in [1.807, 2.05) is 18.2 Å². The van der Waals surface area contributed by atoms with Crippen LogP contribution in [-0.4, -0.2) is 0 Å². The molecule has 2 heteroatoms. The van der Waals surface area contributed by atoms with E-state index < -0.39 is 0 Å². The van der Waals surface area contributed by atoms with Crippen molar-refractivity contribution < 1.29 is 0 Å². The zero-order valence-corrected chi connectivity index (χ0v) is 20.3. The van der Waals surface area contributed by atoms with Crippen molar-refractivity contribution >= 4 is 29.3 Å². The average Bonchev–Trinajstić information content (AvgIpc) is 2.75. The normalized spacial score (nSPS) is 12.6. The molecule has 3 aromatic rings. The summed E-state index contributed by atoms with van der Waals surface area (Å²) in [6.45, 7) is 12.8. The Bertz CT molecular complexity index is 1100. The van der Waals surface area contributed by atoms with E-state index in [4.69, 9.17) is 23.2 Å². The minimum atomic E-state index is 0.189. The molecule has 0 aliphatic heterocycles. The maximum absolute atomic E-state index is 6.93. The Balaban J connectivity index is 2.09. The van der Waals surface area contributed by atoms with Crippen LogP contribution in [0.3, 0.4) is 0 Å². The summed E-state index contributed by atoms with van der Waals surface area (Å²) in [5.74, 6) is 0.189. The van der Waals surface area contributed by atoms with Gasteiger partial charge in [0.05, 0.1) is 0 Å². The third-order valence-corrected chi connectivity index (χ3v) is 6.55. The standard InChI is InChI=1S/C29H30Cl2/c1-6-21(16-23-12-10-9-11-19(23)4)26(8-3)29-20(5)15-24(18-28(29)31)27-14-13-25(30)17-22(27)7-2/h6,9-18,26H,1,7-8H2,2-5H3/b21-16+. The van der Waals surface area contributed by atoms with Gasteiger partial charge in [0.25, 0.3) is 0 Å². The summed E-state index contributed by atoms with van der Waals surface area (Å²) >= 11 is 13.2. The molecule has 0 amide bonds. The first-order chi connectivity index (χ1) is 14.9. The molecule has 1 unspecified atom stereocenters. The summed E-state index contributed by atoms with van der Waals surface area (Å²) in [6.07, 6.45) is 6.09. The predicted molar refractivity (Wildman–Crippen MR) is 138 cm³/mol. The molecule has 0 aromatic heterocycles. The Kier molecular flexibility index (Phi) is 7.81. The number of halogens is 2. The van der Waals surface area contributed by atoms with Crippen LogP contribution < -0.4 is 0 Å². The first-order valence-corrected chi connectivity index (χ1v) is 11.6. The number of allylic oxidation sites excluding steroid dienone is 2. The summed E-state index contributed by atoms with van der Waals surface area (Å²) in [7, 11) is 0. The van der Waals surface area contributed by atoms with Gasteiger partial charge < -0.3 is 0 Å². The van der Waals surface area contributed by atoms with Gasteiger partial charge in [-0.3, -0.25) is 0 Å². The lowest BCUT2D eigenvalue weighted by atomic mass is 9.83. The number of rotatable bonds is 7. The molecule has 1 atom stereocenters. The molecular formula is C29H30Cl2. The van der Waals surface area contributed by atoms with Crippen molar-refractivity contribution in [3.63, 3.8) is 0 Å². The quantitative estimate of drug-likeness (QED) is 0.315. The van der Waals surface area contributed by atoms with Gasteiger partial charge in [0.2, 0.25) is 0 Å². The second-order valence-corrected chi connectivity index (χ2v) is 8.85. The minimum Gasteiger partial charge on any atom is -0.0988 e. The molecule has 31 heavy (non-hydrogen) atoms. The highest BCUT2D eigenvalue weighted by atomic mass is 35.5. The fourth-order valence-electron chi connectivity index (χ4n) is 4.33. The number of aryl methyl sites for hydroxylation is 3. The van der Waals surface area contributed by atoms with Gasteiger partial charge in [0.15, 0.2) is 0 Å². The van der Waals surface area contributed by atoms with E-state index >= 15 is 0 Å². The van der Waals surface area contributed by atoms with Crippen LogP contribution >= 0.6 is 23.2 Å². The Morgan fingerprint density at radius 3 is 2.32 bits per heavy atom. The van der Waals surface area contributed by atoms with E-state index in [-0.39, 0.29) is 5.92 Å². The molecule has 0 bridgehead atoms.